The van der Waals surface area contributed by atoms with Crippen LogP contribution in [0, 0.1) is 0 Å². The molecule has 1 aromatic carbocycles. The zero-order valence-electron chi connectivity index (χ0n) is 10.3. The second kappa shape index (κ2) is 5.18. The molecule has 104 valence electrons. The van der Waals surface area contributed by atoms with Gasteiger partial charge in [0.05, 0.1) is 23.3 Å². The number of allylic oxidation sites excluding steroid dienone is 2. The number of aliphatic hydroxyl groups is 2. The summed E-state index contributed by atoms with van der Waals surface area (Å²) in [5, 5.41) is 28.1. The molecule has 0 aromatic heterocycles. The fraction of sp³-hybridized carbons (Fsp3) is 0.143. The number of carbonyl (C=O) groups excluding carboxylic acids is 1. The van der Waals surface area contributed by atoms with Gasteiger partial charge in [-0.3, -0.25) is 0 Å². The molecule has 1 aromatic rings. The summed E-state index contributed by atoms with van der Waals surface area (Å²) in [7, 11) is 0. The van der Waals surface area contributed by atoms with E-state index >= 15 is 0 Å². The molecule has 0 spiro atoms. The van der Waals surface area contributed by atoms with E-state index in [1.807, 2.05) is 0 Å². The van der Waals surface area contributed by atoms with Gasteiger partial charge in [-0.25, -0.2) is 9.59 Å². The average Bonchev–Trinajstić information content (AvgIpc) is 2.38. The zero-order chi connectivity index (χ0) is 14.8. The summed E-state index contributed by atoms with van der Waals surface area (Å²) >= 11 is 0. The topological polar surface area (TPSA) is 104 Å². The van der Waals surface area contributed by atoms with Crippen LogP contribution in [0.2, 0.25) is 0 Å². The van der Waals surface area contributed by atoms with Gasteiger partial charge in [0, 0.05) is 0 Å². The fourth-order valence-electron chi connectivity index (χ4n) is 1.73. The molecule has 6 heteroatoms. The predicted molar refractivity (Wildman–Crippen MR) is 68.2 cm³/mol. The number of esters is 1. The normalized spacial score (nSPS) is 21.1. The third-order valence-electron chi connectivity index (χ3n) is 2.72. The van der Waals surface area contributed by atoms with Crippen molar-refractivity contribution in [2.75, 3.05) is 0 Å². The van der Waals surface area contributed by atoms with Gasteiger partial charge in [0.15, 0.2) is 0 Å². The molecule has 20 heavy (non-hydrogen) atoms. The molecule has 1 unspecified atom stereocenters. The summed E-state index contributed by atoms with van der Waals surface area (Å²) in [4.78, 5) is 22.5. The smallest absolute Gasteiger partial charge is 0.340 e. The minimum absolute atomic E-state index is 0.0402. The number of rotatable bonds is 3. The predicted octanol–water partition coefficient (Wildman–Crippen LogP) is 1.63. The van der Waals surface area contributed by atoms with Crippen LogP contribution in [0.5, 0.6) is 0 Å². The third kappa shape index (κ3) is 3.04. The molecular formula is C14H12O6. The van der Waals surface area contributed by atoms with Gasteiger partial charge in [0.25, 0.3) is 0 Å². The standard InChI is InChI=1S/C14H12O6/c15-11-2-1-7-14(19,8-11)20-13(18)10-5-3-9(4-6-10)12(16)17/h1-7,15,19H,8H2,(H,16,17). The van der Waals surface area contributed by atoms with E-state index < -0.39 is 17.7 Å². The zero-order valence-corrected chi connectivity index (χ0v) is 10.3. The van der Waals surface area contributed by atoms with Crippen LogP contribution in [-0.2, 0) is 4.74 Å². The largest absolute Gasteiger partial charge is 0.512 e. The molecule has 0 amide bonds. The molecule has 2 rings (SSSR count). The SMILES string of the molecule is O=C(O)c1ccc(C(=O)OC2(O)C=CC=C(O)C2)cc1. The van der Waals surface area contributed by atoms with Gasteiger partial charge in [-0.15, -0.1) is 0 Å². The van der Waals surface area contributed by atoms with Crippen LogP contribution in [0.3, 0.4) is 0 Å². The summed E-state index contributed by atoms with van der Waals surface area (Å²) in [5.41, 5.74) is 0.143. The first-order valence-corrected chi connectivity index (χ1v) is 5.76. The fourth-order valence-corrected chi connectivity index (χ4v) is 1.73. The first kappa shape index (κ1) is 13.8. The Morgan fingerprint density at radius 1 is 1.15 bits per heavy atom. The van der Waals surface area contributed by atoms with Crippen LogP contribution >= 0.6 is 0 Å². The summed E-state index contributed by atoms with van der Waals surface area (Å²) in [6.07, 6.45) is 3.77. The van der Waals surface area contributed by atoms with E-state index in [0.717, 1.165) is 0 Å². The van der Waals surface area contributed by atoms with Crippen LogP contribution in [0.25, 0.3) is 0 Å². The van der Waals surface area contributed by atoms with Crippen molar-refractivity contribution < 1.29 is 29.6 Å². The lowest BCUT2D eigenvalue weighted by Gasteiger charge is -2.26. The van der Waals surface area contributed by atoms with Crippen LogP contribution in [0.1, 0.15) is 27.1 Å². The Bertz CT molecular complexity index is 599. The Morgan fingerprint density at radius 3 is 2.30 bits per heavy atom. The maximum atomic E-state index is 11.8. The number of benzene rings is 1. The highest BCUT2D eigenvalue weighted by Gasteiger charge is 2.32. The second-order valence-corrected chi connectivity index (χ2v) is 4.31. The minimum Gasteiger partial charge on any atom is -0.512 e. The molecule has 0 bridgehead atoms. The summed E-state index contributed by atoms with van der Waals surface area (Å²) in [6, 6.07) is 5.10. The number of aliphatic hydroxyl groups excluding tert-OH is 1. The molecule has 1 aliphatic rings. The van der Waals surface area contributed by atoms with Crippen molar-refractivity contribution in [2.24, 2.45) is 0 Å². The number of carboxylic acid groups (broad SMARTS) is 1. The summed E-state index contributed by atoms with van der Waals surface area (Å²) < 4.78 is 4.92. The van der Waals surface area contributed by atoms with E-state index in [1.165, 1.54) is 42.5 Å². The minimum atomic E-state index is -1.90. The molecule has 0 saturated heterocycles. The number of aromatic carboxylic acids is 1. The number of carboxylic acids is 1. The van der Waals surface area contributed by atoms with Crippen molar-refractivity contribution in [1.82, 2.24) is 0 Å². The molecule has 6 nitrogen and oxygen atoms in total. The van der Waals surface area contributed by atoms with Crippen molar-refractivity contribution in [3.63, 3.8) is 0 Å². The van der Waals surface area contributed by atoms with Crippen LogP contribution in [-0.4, -0.2) is 33.0 Å². The van der Waals surface area contributed by atoms with E-state index in [1.54, 1.807) is 0 Å². The number of ether oxygens (including phenoxy) is 1. The summed E-state index contributed by atoms with van der Waals surface area (Å²) in [6.45, 7) is 0. The van der Waals surface area contributed by atoms with Gasteiger partial charge < -0.3 is 20.1 Å². The second-order valence-electron chi connectivity index (χ2n) is 4.31. The van der Waals surface area contributed by atoms with Crippen molar-refractivity contribution in [1.29, 1.82) is 0 Å². The van der Waals surface area contributed by atoms with E-state index in [2.05, 4.69) is 0 Å². The average molecular weight is 276 g/mol. The Balaban J connectivity index is 2.10. The maximum absolute atomic E-state index is 11.8. The van der Waals surface area contributed by atoms with Gasteiger partial charge in [0.2, 0.25) is 5.79 Å². The molecular weight excluding hydrogens is 264 g/mol. The highest BCUT2D eigenvalue weighted by Crippen LogP contribution is 2.24. The lowest BCUT2D eigenvalue weighted by atomic mass is 10.1. The van der Waals surface area contributed by atoms with Gasteiger partial charge in [0.1, 0.15) is 0 Å². The first-order chi connectivity index (χ1) is 9.39. The van der Waals surface area contributed by atoms with Crippen LogP contribution in [0.4, 0.5) is 0 Å². The maximum Gasteiger partial charge on any atom is 0.340 e. The Labute approximate surface area is 114 Å². The van der Waals surface area contributed by atoms with E-state index in [9.17, 15) is 19.8 Å². The van der Waals surface area contributed by atoms with Gasteiger partial charge in [-0.1, -0.05) is 6.08 Å². The molecule has 0 radical (unpaired) electrons. The molecule has 0 fully saturated rings. The molecule has 0 heterocycles. The van der Waals surface area contributed by atoms with E-state index in [4.69, 9.17) is 9.84 Å². The molecule has 1 atom stereocenters. The van der Waals surface area contributed by atoms with E-state index in [-0.39, 0.29) is 23.3 Å². The lowest BCUT2D eigenvalue weighted by Crippen LogP contribution is -2.34. The quantitative estimate of drug-likeness (QED) is 0.572. The van der Waals surface area contributed by atoms with Crippen LogP contribution in [0.15, 0.2) is 48.3 Å². The monoisotopic (exact) mass is 276 g/mol. The Morgan fingerprint density at radius 2 is 1.75 bits per heavy atom. The van der Waals surface area contributed by atoms with E-state index in [0.29, 0.717) is 0 Å². The first-order valence-electron chi connectivity index (χ1n) is 5.76. The molecule has 3 N–H and O–H groups in total. The Hall–Kier alpha value is -2.60. The van der Waals surface area contributed by atoms with Crippen LogP contribution < -0.4 is 0 Å². The molecule has 0 saturated carbocycles. The van der Waals surface area contributed by atoms with Gasteiger partial charge in [-0.05, 0) is 36.4 Å². The highest BCUT2D eigenvalue weighted by molar-refractivity contribution is 5.92. The number of hydrogen-bond acceptors (Lipinski definition) is 5. The Kier molecular flexibility index (Phi) is 3.58. The van der Waals surface area contributed by atoms with Crippen molar-refractivity contribution in [3.8, 4) is 0 Å². The molecule has 0 aliphatic heterocycles. The van der Waals surface area contributed by atoms with Crippen molar-refractivity contribution in [2.45, 2.75) is 12.2 Å². The molecule has 1 aliphatic carbocycles. The van der Waals surface area contributed by atoms with Gasteiger partial charge in [-0.2, -0.15) is 0 Å². The third-order valence-corrected chi connectivity index (χ3v) is 2.72. The summed E-state index contributed by atoms with van der Waals surface area (Å²) in [5.74, 6) is -3.93. The number of carbonyl (C=O) groups is 2. The lowest BCUT2D eigenvalue weighted by molar-refractivity contribution is -0.131. The van der Waals surface area contributed by atoms with Gasteiger partial charge >= 0.3 is 11.9 Å². The van der Waals surface area contributed by atoms with Crippen molar-refractivity contribution in [3.05, 3.63) is 59.4 Å². The van der Waals surface area contributed by atoms with Crippen molar-refractivity contribution >= 4 is 11.9 Å². The number of hydrogen-bond donors (Lipinski definition) is 3. The highest BCUT2D eigenvalue weighted by atomic mass is 16.7.